The minimum atomic E-state index is -0.504. The van der Waals surface area contributed by atoms with Crippen molar-refractivity contribution in [2.75, 3.05) is 11.4 Å². The van der Waals surface area contributed by atoms with Crippen molar-refractivity contribution in [3.8, 4) is 6.07 Å². The molecule has 0 fully saturated rings. The van der Waals surface area contributed by atoms with Gasteiger partial charge < -0.3 is 10.6 Å². The number of primary amides is 1. The van der Waals surface area contributed by atoms with Gasteiger partial charge >= 0.3 is 0 Å². The highest BCUT2D eigenvalue weighted by molar-refractivity contribution is 5.74. The van der Waals surface area contributed by atoms with Gasteiger partial charge in [0.15, 0.2) is 0 Å². The van der Waals surface area contributed by atoms with E-state index < -0.39 is 11.7 Å². The van der Waals surface area contributed by atoms with Gasteiger partial charge in [-0.15, -0.1) is 0 Å². The molecule has 4 nitrogen and oxygen atoms in total. The molecular formula is C17H15F2N3O. The van der Waals surface area contributed by atoms with Crippen LogP contribution in [-0.2, 0) is 11.3 Å². The van der Waals surface area contributed by atoms with Gasteiger partial charge in [0.25, 0.3) is 0 Å². The van der Waals surface area contributed by atoms with E-state index in [1.807, 2.05) is 6.07 Å². The summed E-state index contributed by atoms with van der Waals surface area (Å²) >= 11 is 0. The fraction of sp³-hybridized carbons (Fsp3) is 0.176. The SMILES string of the molecule is N#Cc1ccc(CN(CCC(N)=O)c2ccc(F)cc2)c(F)c1. The second-order valence-corrected chi connectivity index (χ2v) is 5.03. The molecule has 0 radical (unpaired) electrons. The van der Waals surface area contributed by atoms with Crippen LogP contribution in [-0.4, -0.2) is 12.5 Å². The molecule has 0 saturated heterocycles. The number of hydrogen-bond donors (Lipinski definition) is 1. The molecule has 0 spiro atoms. The summed E-state index contributed by atoms with van der Waals surface area (Å²) in [5, 5.41) is 8.77. The summed E-state index contributed by atoms with van der Waals surface area (Å²) in [6, 6.07) is 11.8. The Kier molecular flexibility index (Phi) is 5.26. The molecule has 2 rings (SSSR count). The molecular weight excluding hydrogens is 300 g/mol. The highest BCUT2D eigenvalue weighted by Crippen LogP contribution is 2.20. The summed E-state index contributed by atoms with van der Waals surface area (Å²) in [5.41, 5.74) is 6.42. The van der Waals surface area contributed by atoms with Crippen LogP contribution in [0.1, 0.15) is 17.5 Å². The lowest BCUT2D eigenvalue weighted by Crippen LogP contribution is -2.28. The molecule has 0 heterocycles. The molecule has 0 atom stereocenters. The van der Waals surface area contributed by atoms with Crippen molar-refractivity contribution in [2.45, 2.75) is 13.0 Å². The maximum atomic E-state index is 14.0. The first-order valence-electron chi connectivity index (χ1n) is 6.97. The molecule has 0 unspecified atom stereocenters. The molecule has 2 aromatic rings. The lowest BCUT2D eigenvalue weighted by Gasteiger charge is -2.24. The molecule has 6 heteroatoms. The molecule has 118 valence electrons. The van der Waals surface area contributed by atoms with E-state index >= 15 is 0 Å². The molecule has 1 amide bonds. The minimum absolute atomic E-state index is 0.0925. The van der Waals surface area contributed by atoms with Crippen LogP contribution < -0.4 is 10.6 Å². The Morgan fingerprint density at radius 2 is 1.87 bits per heavy atom. The maximum absolute atomic E-state index is 14.0. The van der Waals surface area contributed by atoms with Gasteiger partial charge in [0.1, 0.15) is 11.6 Å². The number of amides is 1. The summed E-state index contributed by atoms with van der Waals surface area (Å²) in [7, 11) is 0. The van der Waals surface area contributed by atoms with Gasteiger partial charge in [0, 0.05) is 30.8 Å². The molecule has 0 saturated carbocycles. The number of benzene rings is 2. The zero-order valence-electron chi connectivity index (χ0n) is 12.3. The van der Waals surface area contributed by atoms with Crippen LogP contribution in [0.5, 0.6) is 0 Å². The van der Waals surface area contributed by atoms with E-state index in [2.05, 4.69) is 0 Å². The first-order valence-corrected chi connectivity index (χ1v) is 6.97. The smallest absolute Gasteiger partial charge is 0.219 e. The highest BCUT2D eigenvalue weighted by Gasteiger charge is 2.12. The Labute approximate surface area is 132 Å². The van der Waals surface area contributed by atoms with Crippen molar-refractivity contribution in [3.63, 3.8) is 0 Å². The predicted octanol–water partition coefficient (Wildman–Crippen LogP) is 2.72. The van der Waals surface area contributed by atoms with E-state index in [1.165, 1.54) is 24.3 Å². The van der Waals surface area contributed by atoms with Crippen molar-refractivity contribution in [2.24, 2.45) is 5.73 Å². The zero-order valence-corrected chi connectivity index (χ0v) is 12.3. The number of anilines is 1. The number of nitriles is 1. The molecule has 0 aromatic heterocycles. The molecule has 0 aliphatic heterocycles. The van der Waals surface area contributed by atoms with Gasteiger partial charge in [0.2, 0.25) is 5.91 Å². The number of rotatable bonds is 6. The van der Waals surface area contributed by atoms with Gasteiger partial charge in [-0.25, -0.2) is 8.78 Å². The topological polar surface area (TPSA) is 70.1 Å². The van der Waals surface area contributed by atoms with Crippen LogP contribution >= 0.6 is 0 Å². The predicted molar refractivity (Wildman–Crippen MR) is 82.4 cm³/mol. The molecule has 0 aliphatic rings. The number of nitrogens with zero attached hydrogens (tertiary/aromatic N) is 2. The molecule has 23 heavy (non-hydrogen) atoms. The van der Waals surface area contributed by atoms with E-state index in [4.69, 9.17) is 11.0 Å². The zero-order chi connectivity index (χ0) is 16.8. The average Bonchev–Trinajstić information content (AvgIpc) is 2.53. The van der Waals surface area contributed by atoms with Crippen molar-refractivity contribution in [1.82, 2.24) is 0 Å². The van der Waals surface area contributed by atoms with Crippen LogP contribution in [0.2, 0.25) is 0 Å². The Morgan fingerprint density at radius 3 is 2.43 bits per heavy atom. The highest BCUT2D eigenvalue weighted by atomic mass is 19.1. The lowest BCUT2D eigenvalue weighted by atomic mass is 10.1. The van der Waals surface area contributed by atoms with E-state index in [1.54, 1.807) is 17.0 Å². The van der Waals surface area contributed by atoms with E-state index in [9.17, 15) is 13.6 Å². The Hall–Kier alpha value is -2.94. The van der Waals surface area contributed by atoms with Crippen LogP contribution in [0.25, 0.3) is 0 Å². The van der Waals surface area contributed by atoms with Crippen molar-refractivity contribution in [1.29, 1.82) is 5.26 Å². The van der Waals surface area contributed by atoms with Gasteiger partial charge in [-0.05, 0) is 36.4 Å². The fourth-order valence-corrected chi connectivity index (χ4v) is 2.15. The van der Waals surface area contributed by atoms with E-state index in [0.29, 0.717) is 11.3 Å². The van der Waals surface area contributed by atoms with Crippen molar-refractivity contribution in [3.05, 3.63) is 65.2 Å². The summed E-state index contributed by atoms with van der Waals surface area (Å²) < 4.78 is 27.1. The van der Waals surface area contributed by atoms with Gasteiger partial charge in [-0.3, -0.25) is 4.79 Å². The van der Waals surface area contributed by atoms with Crippen LogP contribution in [0.4, 0.5) is 14.5 Å². The monoisotopic (exact) mass is 315 g/mol. The van der Waals surface area contributed by atoms with Crippen LogP contribution in [0, 0.1) is 23.0 Å². The molecule has 0 bridgehead atoms. The Morgan fingerprint density at radius 1 is 1.17 bits per heavy atom. The second kappa shape index (κ2) is 7.36. The Balaban J connectivity index is 2.25. The summed E-state index contributed by atoms with van der Waals surface area (Å²) in [5.74, 6) is -1.36. The summed E-state index contributed by atoms with van der Waals surface area (Å²) in [6.45, 7) is 0.455. The van der Waals surface area contributed by atoms with Crippen molar-refractivity contribution >= 4 is 11.6 Å². The lowest BCUT2D eigenvalue weighted by molar-refractivity contribution is -0.117. The van der Waals surface area contributed by atoms with E-state index in [0.717, 1.165) is 6.07 Å². The molecule has 2 N–H and O–H groups in total. The maximum Gasteiger partial charge on any atom is 0.219 e. The van der Waals surface area contributed by atoms with Gasteiger partial charge in [-0.2, -0.15) is 5.26 Å². The second-order valence-electron chi connectivity index (χ2n) is 5.03. The molecule has 2 aromatic carbocycles. The van der Waals surface area contributed by atoms with Crippen LogP contribution in [0.3, 0.4) is 0 Å². The third-order valence-corrected chi connectivity index (χ3v) is 3.36. The standard InChI is InChI=1S/C17H15F2N3O/c18-14-3-5-15(6-4-14)22(8-7-17(21)23)11-13-2-1-12(10-20)9-16(13)19/h1-6,9H,7-8,11H2,(H2,21,23). The summed E-state index contributed by atoms with van der Waals surface area (Å²) in [6.07, 6.45) is 0.0925. The first-order chi connectivity index (χ1) is 11.0. The average molecular weight is 315 g/mol. The van der Waals surface area contributed by atoms with Gasteiger partial charge in [0.05, 0.1) is 11.6 Å². The number of carbonyl (C=O) groups is 1. The van der Waals surface area contributed by atoms with Gasteiger partial charge in [-0.1, -0.05) is 6.07 Å². The van der Waals surface area contributed by atoms with Crippen molar-refractivity contribution < 1.29 is 13.6 Å². The first kappa shape index (κ1) is 16.4. The minimum Gasteiger partial charge on any atom is -0.370 e. The number of hydrogen-bond acceptors (Lipinski definition) is 3. The Bertz CT molecular complexity index is 738. The normalized spacial score (nSPS) is 10.1. The van der Waals surface area contributed by atoms with Crippen LogP contribution in [0.15, 0.2) is 42.5 Å². The number of halogens is 2. The fourth-order valence-electron chi connectivity index (χ4n) is 2.15. The quantitative estimate of drug-likeness (QED) is 0.891. The third-order valence-electron chi connectivity index (χ3n) is 3.36. The molecule has 0 aliphatic carbocycles. The number of carbonyl (C=O) groups excluding carboxylic acids is 1. The van der Waals surface area contributed by atoms with E-state index in [-0.39, 0.29) is 30.9 Å². The largest absolute Gasteiger partial charge is 0.370 e. The number of nitrogens with two attached hydrogens (primary N) is 1. The summed E-state index contributed by atoms with van der Waals surface area (Å²) in [4.78, 5) is 12.7. The third kappa shape index (κ3) is 4.51.